The van der Waals surface area contributed by atoms with Crippen molar-refractivity contribution in [1.82, 2.24) is 10.6 Å². The Kier molecular flexibility index (Phi) is 9.01. The minimum absolute atomic E-state index is 0. The third kappa shape index (κ3) is 6.57. The van der Waals surface area contributed by atoms with Crippen LogP contribution in [0.25, 0.3) is 0 Å². The van der Waals surface area contributed by atoms with Gasteiger partial charge < -0.3 is 20.5 Å². The maximum atomic E-state index is 10.5. The molecule has 2 rings (SSSR count). The number of guanidine groups is 1. The zero-order valence-corrected chi connectivity index (χ0v) is 17.2. The van der Waals surface area contributed by atoms with Crippen LogP contribution in [0.3, 0.4) is 0 Å². The van der Waals surface area contributed by atoms with Gasteiger partial charge >= 0.3 is 0 Å². The van der Waals surface area contributed by atoms with Gasteiger partial charge in [0, 0.05) is 39.1 Å². The standard InChI is InChI=1S/C18H29N3O2.HI/c1-4-19-17(21-13-18(22)7-9-23-10-8-18)20-12-16-6-5-14(2)11-15(16)3;/h5-6,11,22H,4,7-10,12-13H2,1-3H3,(H2,19,20,21);1H. The lowest BCUT2D eigenvalue weighted by atomic mass is 9.94. The second-order valence-electron chi connectivity index (χ2n) is 6.32. The Balaban J connectivity index is 0.00000288. The second-order valence-corrected chi connectivity index (χ2v) is 6.32. The first-order valence-corrected chi connectivity index (χ1v) is 8.41. The van der Waals surface area contributed by atoms with Gasteiger partial charge in [0.25, 0.3) is 0 Å². The highest BCUT2D eigenvalue weighted by atomic mass is 127. The smallest absolute Gasteiger partial charge is 0.191 e. The summed E-state index contributed by atoms with van der Waals surface area (Å²) in [7, 11) is 0. The van der Waals surface area contributed by atoms with E-state index in [4.69, 9.17) is 4.74 Å². The van der Waals surface area contributed by atoms with Crippen molar-refractivity contribution in [3.8, 4) is 0 Å². The van der Waals surface area contributed by atoms with Crippen LogP contribution in [0.5, 0.6) is 0 Å². The number of aliphatic hydroxyl groups is 1. The molecule has 1 fully saturated rings. The SMILES string of the molecule is CCNC(=NCc1ccc(C)cc1C)NCC1(O)CCOCC1.I. The number of ether oxygens (including phenoxy) is 1. The quantitative estimate of drug-likeness (QED) is 0.369. The van der Waals surface area contributed by atoms with Crippen molar-refractivity contribution in [2.75, 3.05) is 26.3 Å². The molecule has 0 aromatic heterocycles. The van der Waals surface area contributed by atoms with Crippen LogP contribution in [0.4, 0.5) is 0 Å². The molecule has 5 nitrogen and oxygen atoms in total. The Morgan fingerprint density at radius 2 is 1.96 bits per heavy atom. The molecule has 1 aromatic rings. The van der Waals surface area contributed by atoms with Crippen LogP contribution in [0, 0.1) is 13.8 Å². The van der Waals surface area contributed by atoms with Gasteiger partial charge in [0.1, 0.15) is 0 Å². The fourth-order valence-corrected chi connectivity index (χ4v) is 2.71. The molecule has 24 heavy (non-hydrogen) atoms. The summed E-state index contributed by atoms with van der Waals surface area (Å²) in [5, 5.41) is 17.0. The first-order chi connectivity index (χ1) is 11.0. The van der Waals surface area contributed by atoms with Crippen molar-refractivity contribution in [2.24, 2.45) is 4.99 Å². The minimum Gasteiger partial charge on any atom is -0.388 e. The molecular formula is C18H30IN3O2. The number of hydrogen-bond acceptors (Lipinski definition) is 3. The Hall–Kier alpha value is -0.860. The van der Waals surface area contributed by atoms with Gasteiger partial charge in [-0.2, -0.15) is 0 Å². The average molecular weight is 447 g/mol. The first kappa shape index (κ1) is 21.2. The molecule has 1 saturated heterocycles. The normalized spacial score (nSPS) is 17.1. The highest BCUT2D eigenvalue weighted by molar-refractivity contribution is 14.0. The van der Waals surface area contributed by atoms with Gasteiger partial charge in [-0.05, 0) is 31.9 Å². The largest absolute Gasteiger partial charge is 0.388 e. The van der Waals surface area contributed by atoms with E-state index >= 15 is 0 Å². The summed E-state index contributed by atoms with van der Waals surface area (Å²) >= 11 is 0. The topological polar surface area (TPSA) is 65.9 Å². The van der Waals surface area contributed by atoms with E-state index in [0.29, 0.717) is 39.1 Å². The highest BCUT2D eigenvalue weighted by Gasteiger charge is 2.29. The number of nitrogens with one attached hydrogen (secondary N) is 2. The van der Waals surface area contributed by atoms with Crippen molar-refractivity contribution >= 4 is 29.9 Å². The predicted octanol–water partition coefficient (Wildman–Crippen LogP) is 2.52. The van der Waals surface area contributed by atoms with E-state index in [9.17, 15) is 5.11 Å². The van der Waals surface area contributed by atoms with E-state index in [2.05, 4.69) is 47.7 Å². The van der Waals surface area contributed by atoms with Crippen molar-refractivity contribution in [3.05, 3.63) is 34.9 Å². The number of nitrogens with zero attached hydrogens (tertiary/aromatic N) is 1. The molecule has 6 heteroatoms. The molecule has 0 radical (unpaired) electrons. The Morgan fingerprint density at radius 1 is 1.25 bits per heavy atom. The zero-order chi connectivity index (χ0) is 16.7. The number of aliphatic imine (C=N–C) groups is 1. The maximum absolute atomic E-state index is 10.5. The van der Waals surface area contributed by atoms with Gasteiger partial charge in [-0.15, -0.1) is 24.0 Å². The second kappa shape index (κ2) is 10.2. The van der Waals surface area contributed by atoms with E-state index in [1.54, 1.807) is 0 Å². The molecule has 0 spiro atoms. The van der Waals surface area contributed by atoms with Crippen molar-refractivity contribution in [2.45, 2.75) is 45.8 Å². The van der Waals surface area contributed by atoms with Crippen LogP contribution in [-0.2, 0) is 11.3 Å². The van der Waals surface area contributed by atoms with Crippen molar-refractivity contribution < 1.29 is 9.84 Å². The molecule has 136 valence electrons. The summed E-state index contributed by atoms with van der Waals surface area (Å²) in [6, 6.07) is 6.42. The van der Waals surface area contributed by atoms with Gasteiger partial charge in [0.05, 0.1) is 12.1 Å². The summed E-state index contributed by atoms with van der Waals surface area (Å²) in [6.07, 6.45) is 1.33. The van der Waals surface area contributed by atoms with E-state index in [1.807, 2.05) is 6.92 Å². The van der Waals surface area contributed by atoms with Crippen molar-refractivity contribution in [1.29, 1.82) is 0 Å². The lowest BCUT2D eigenvalue weighted by Gasteiger charge is -2.32. The van der Waals surface area contributed by atoms with Crippen LogP contribution in [0.1, 0.15) is 36.5 Å². The van der Waals surface area contributed by atoms with Crippen LogP contribution in [0.15, 0.2) is 23.2 Å². The molecule has 3 N–H and O–H groups in total. The molecule has 0 aliphatic carbocycles. The molecule has 1 heterocycles. The van der Waals surface area contributed by atoms with Crippen LogP contribution in [0.2, 0.25) is 0 Å². The maximum Gasteiger partial charge on any atom is 0.191 e. The van der Waals surface area contributed by atoms with Crippen molar-refractivity contribution in [3.63, 3.8) is 0 Å². The monoisotopic (exact) mass is 447 g/mol. The predicted molar refractivity (Wildman–Crippen MR) is 109 cm³/mol. The van der Waals surface area contributed by atoms with E-state index < -0.39 is 5.60 Å². The fourth-order valence-electron chi connectivity index (χ4n) is 2.71. The lowest BCUT2D eigenvalue weighted by Crippen LogP contribution is -2.49. The molecule has 0 saturated carbocycles. The summed E-state index contributed by atoms with van der Waals surface area (Å²) < 4.78 is 5.31. The van der Waals surface area contributed by atoms with Gasteiger partial charge in [-0.3, -0.25) is 0 Å². The number of hydrogen-bond donors (Lipinski definition) is 3. The average Bonchev–Trinajstić information content (AvgIpc) is 2.52. The molecule has 1 aliphatic rings. The van der Waals surface area contributed by atoms with E-state index in [1.165, 1.54) is 16.7 Å². The number of halogens is 1. The molecule has 0 atom stereocenters. The fraction of sp³-hybridized carbons (Fsp3) is 0.611. The highest BCUT2D eigenvalue weighted by Crippen LogP contribution is 2.19. The van der Waals surface area contributed by atoms with Crippen LogP contribution >= 0.6 is 24.0 Å². The van der Waals surface area contributed by atoms with Gasteiger partial charge in [-0.1, -0.05) is 23.8 Å². The molecule has 0 bridgehead atoms. The zero-order valence-electron chi connectivity index (χ0n) is 14.9. The minimum atomic E-state index is -0.700. The number of rotatable bonds is 5. The summed E-state index contributed by atoms with van der Waals surface area (Å²) in [4.78, 5) is 4.64. The summed E-state index contributed by atoms with van der Waals surface area (Å²) in [5.74, 6) is 0.743. The van der Waals surface area contributed by atoms with Gasteiger partial charge in [-0.25, -0.2) is 4.99 Å². The van der Waals surface area contributed by atoms with E-state index in [-0.39, 0.29) is 24.0 Å². The van der Waals surface area contributed by atoms with Gasteiger partial charge in [0.2, 0.25) is 0 Å². The molecular weight excluding hydrogens is 417 g/mol. The third-order valence-corrected chi connectivity index (χ3v) is 4.26. The number of aryl methyl sites for hydroxylation is 2. The summed E-state index contributed by atoms with van der Waals surface area (Å²) in [5.41, 5.74) is 3.04. The summed E-state index contributed by atoms with van der Waals surface area (Å²) in [6.45, 7) is 9.40. The van der Waals surface area contributed by atoms with E-state index in [0.717, 1.165) is 12.5 Å². The van der Waals surface area contributed by atoms with Crippen LogP contribution < -0.4 is 10.6 Å². The van der Waals surface area contributed by atoms with Gasteiger partial charge in [0.15, 0.2) is 5.96 Å². The molecule has 0 unspecified atom stereocenters. The Labute approximate surface area is 162 Å². The Morgan fingerprint density at radius 3 is 2.58 bits per heavy atom. The molecule has 0 amide bonds. The molecule has 1 aliphatic heterocycles. The molecule has 1 aromatic carbocycles. The third-order valence-electron chi connectivity index (χ3n) is 4.26. The Bertz CT molecular complexity index is 543. The first-order valence-electron chi connectivity index (χ1n) is 8.41. The van der Waals surface area contributed by atoms with Crippen LogP contribution in [-0.4, -0.2) is 43.0 Å². The number of benzene rings is 1. The lowest BCUT2D eigenvalue weighted by molar-refractivity contribution is -0.0594.